The first-order chi connectivity index (χ1) is 7.24. The first-order valence-corrected chi connectivity index (χ1v) is 6.49. The number of rotatable bonds is 6. The van der Waals surface area contributed by atoms with E-state index >= 15 is 0 Å². The van der Waals surface area contributed by atoms with E-state index in [1.54, 1.807) is 0 Å². The highest BCUT2D eigenvalue weighted by Crippen LogP contribution is 2.31. The van der Waals surface area contributed by atoms with Crippen LogP contribution < -0.4 is 0 Å². The number of hydrogen-bond acceptors (Lipinski definition) is 2. The van der Waals surface area contributed by atoms with Crippen LogP contribution in [-0.2, 0) is 4.74 Å². The van der Waals surface area contributed by atoms with Crippen molar-refractivity contribution in [2.45, 2.75) is 58.5 Å². The Morgan fingerprint density at radius 3 is 2.87 bits per heavy atom. The molecule has 0 aromatic heterocycles. The fourth-order valence-electron chi connectivity index (χ4n) is 2.61. The lowest BCUT2D eigenvalue weighted by Crippen LogP contribution is -2.26. The molecule has 1 rings (SSSR count). The maximum Gasteiger partial charge on any atom is 0.0569 e. The van der Waals surface area contributed by atoms with Crippen molar-refractivity contribution in [1.29, 1.82) is 0 Å². The molecule has 1 fully saturated rings. The van der Waals surface area contributed by atoms with E-state index in [9.17, 15) is 5.11 Å². The Morgan fingerprint density at radius 1 is 1.40 bits per heavy atom. The largest absolute Gasteiger partial charge is 0.393 e. The van der Waals surface area contributed by atoms with Crippen LogP contribution in [0.1, 0.15) is 52.4 Å². The van der Waals surface area contributed by atoms with E-state index in [2.05, 4.69) is 6.92 Å². The molecule has 0 heterocycles. The molecule has 3 atom stereocenters. The molecule has 1 aliphatic rings. The molecule has 0 amide bonds. The number of aliphatic hydroxyl groups is 1. The van der Waals surface area contributed by atoms with Gasteiger partial charge in [0.2, 0.25) is 0 Å². The highest BCUT2D eigenvalue weighted by molar-refractivity contribution is 4.76. The lowest BCUT2D eigenvalue weighted by Gasteiger charge is -2.30. The van der Waals surface area contributed by atoms with Gasteiger partial charge in [0, 0.05) is 13.2 Å². The van der Waals surface area contributed by atoms with Crippen LogP contribution in [0.2, 0.25) is 0 Å². The summed E-state index contributed by atoms with van der Waals surface area (Å²) in [6, 6.07) is 0. The third-order valence-electron chi connectivity index (χ3n) is 3.51. The summed E-state index contributed by atoms with van der Waals surface area (Å²) in [5.74, 6) is 1.36. The average Bonchev–Trinajstić information content (AvgIpc) is 2.24. The third kappa shape index (κ3) is 4.98. The van der Waals surface area contributed by atoms with Crippen LogP contribution in [0, 0.1) is 11.8 Å². The van der Waals surface area contributed by atoms with Crippen molar-refractivity contribution in [3.8, 4) is 0 Å². The molecule has 0 spiro atoms. The van der Waals surface area contributed by atoms with E-state index in [4.69, 9.17) is 4.74 Å². The van der Waals surface area contributed by atoms with Crippen molar-refractivity contribution >= 4 is 0 Å². The van der Waals surface area contributed by atoms with Gasteiger partial charge in [-0.3, -0.25) is 0 Å². The van der Waals surface area contributed by atoms with Gasteiger partial charge in [-0.05, 0) is 44.4 Å². The Morgan fingerprint density at radius 2 is 2.20 bits per heavy atom. The van der Waals surface area contributed by atoms with E-state index in [0.717, 1.165) is 32.0 Å². The van der Waals surface area contributed by atoms with Crippen LogP contribution in [0.4, 0.5) is 0 Å². The summed E-state index contributed by atoms with van der Waals surface area (Å²) in [5, 5.41) is 10.0. The number of ether oxygens (including phenoxy) is 1. The van der Waals surface area contributed by atoms with Crippen molar-refractivity contribution in [1.82, 2.24) is 0 Å². The molecule has 15 heavy (non-hydrogen) atoms. The highest BCUT2D eigenvalue weighted by Gasteiger charge is 2.24. The van der Waals surface area contributed by atoms with Gasteiger partial charge in [0.25, 0.3) is 0 Å². The second-order valence-corrected chi connectivity index (χ2v) is 4.94. The van der Waals surface area contributed by atoms with E-state index in [1.165, 1.54) is 25.7 Å². The molecule has 0 bridgehead atoms. The first-order valence-electron chi connectivity index (χ1n) is 6.49. The minimum atomic E-state index is -0.0896. The SMILES string of the molecule is CCOCCCC(O)C1CCCC(C)C1. The van der Waals surface area contributed by atoms with Crippen molar-refractivity contribution in [3.05, 3.63) is 0 Å². The van der Waals surface area contributed by atoms with Gasteiger partial charge in [-0.2, -0.15) is 0 Å². The van der Waals surface area contributed by atoms with E-state index in [1.807, 2.05) is 6.92 Å². The van der Waals surface area contributed by atoms with Crippen molar-refractivity contribution in [3.63, 3.8) is 0 Å². The molecule has 90 valence electrons. The summed E-state index contributed by atoms with van der Waals surface area (Å²) < 4.78 is 5.28. The van der Waals surface area contributed by atoms with Crippen LogP contribution in [0.15, 0.2) is 0 Å². The molecule has 0 aromatic carbocycles. The van der Waals surface area contributed by atoms with Gasteiger partial charge in [0.1, 0.15) is 0 Å². The zero-order chi connectivity index (χ0) is 11.1. The molecular weight excluding hydrogens is 188 g/mol. The summed E-state index contributed by atoms with van der Waals surface area (Å²) in [6.07, 6.45) is 6.91. The van der Waals surface area contributed by atoms with Crippen molar-refractivity contribution < 1.29 is 9.84 Å². The highest BCUT2D eigenvalue weighted by atomic mass is 16.5. The van der Waals surface area contributed by atoms with Gasteiger partial charge in [0.15, 0.2) is 0 Å². The first kappa shape index (κ1) is 13.0. The van der Waals surface area contributed by atoms with Crippen LogP contribution in [0.5, 0.6) is 0 Å². The molecule has 0 saturated heterocycles. The van der Waals surface area contributed by atoms with Gasteiger partial charge in [-0.15, -0.1) is 0 Å². The van der Waals surface area contributed by atoms with Gasteiger partial charge in [-0.1, -0.05) is 19.8 Å². The Balaban J connectivity index is 2.12. The van der Waals surface area contributed by atoms with Crippen LogP contribution >= 0.6 is 0 Å². The minimum absolute atomic E-state index is 0.0896. The molecule has 2 nitrogen and oxygen atoms in total. The third-order valence-corrected chi connectivity index (χ3v) is 3.51. The predicted octanol–water partition coefficient (Wildman–Crippen LogP) is 2.99. The summed E-state index contributed by atoms with van der Waals surface area (Å²) in [5.41, 5.74) is 0. The Kier molecular flexibility index (Phi) is 6.26. The summed E-state index contributed by atoms with van der Waals surface area (Å²) in [6.45, 7) is 5.91. The topological polar surface area (TPSA) is 29.5 Å². The lowest BCUT2D eigenvalue weighted by atomic mass is 9.78. The molecular formula is C13H26O2. The van der Waals surface area contributed by atoms with Crippen LogP contribution in [-0.4, -0.2) is 24.4 Å². The van der Waals surface area contributed by atoms with Crippen LogP contribution in [0.3, 0.4) is 0 Å². The van der Waals surface area contributed by atoms with Gasteiger partial charge in [0.05, 0.1) is 6.10 Å². The zero-order valence-corrected chi connectivity index (χ0v) is 10.2. The van der Waals surface area contributed by atoms with E-state index in [0.29, 0.717) is 5.92 Å². The number of hydrogen-bond donors (Lipinski definition) is 1. The van der Waals surface area contributed by atoms with Crippen molar-refractivity contribution in [2.75, 3.05) is 13.2 Å². The van der Waals surface area contributed by atoms with Crippen molar-refractivity contribution in [2.24, 2.45) is 11.8 Å². The Hall–Kier alpha value is -0.0800. The Bertz CT molecular complexity index is 159. The molecule has 2 heteroatoms. The molecule has 1 aliphatic carbocycles. The zero-order valence-electron chi connectivity index (χ0n) is 10.2. The lowest BCUT2D eigenvalue weighted by molar-refractivity contribution is 0.0525. The van der Waals surface area contributed by atoms with Crippen LogP contribution in [0.25, 0.3) is 0 Å². The van der Waals surface area contributed by atoms with Gasteiger partial charge < -0.3 is 9.84 Å². The molecule has 0 aliphatic heterocycles. The predicted molar refractivity (Wildman–Crippen MR) is 62.9 cm³/mol. The molecule has 1 saturated carbocycles. The number of aliphatic hydroxyl groups excluding tert-OH is 1. The Labute approximate surface area is 94.0 Å². The fourth-order valence-corrected chi connectivity index (χ4v) is 2.61. The van der Waals surface area contributed by atoms with E-state index < -0.39 is 0 Å². The molecule has 0 aromatic rings. The minimum Gasteiger partial charge on any atom is -0.393 e. The van der Waals surface area contributed by atoms with Gasteiger partial charge in [-0.25, -0.2) is 0 Å². The summed E-state index contributed by atoms with van der Waals surface area (Å²) in [7, 11) is 0. The molecule has 3 unspecified atom stereocenters. The second-order valence-electron chi connectivity index (χ2n) is 4.94. The standard InChI is InChI=1S/C13H26O2/c1-3-15-9-5-8-13(14)12-7-4-6-11(2)10-12/h11-14H,3-10H2,1-2H3. The summed E-state index contributed by atoms with van der Waals surface area (Å²) in [4.78, 5) is 0. The maximum absolute atomic E-state index is 10.0. The average molecular weight is 214 g/mol. The molecule has 0 radical (unpaired) electrons. The second kappa shape index (κ2) is 7.24. The quantitative estimate of drug-likeness (QED) is 0.689. The smallest absolute Gasteiger partial charge is 0.0569 e. The van der Waals surface area contributed by atoms with Gasteiger partial charge >= 0.3 is 0 Å². The maximum atomic E-state index is 10.0. The fraction of sp³-hybridized carbons (Fsp3) is 1.00. The monoisotopic (exact) mass is 214 g/mol. The molecule has 1 N–H and O–H groups in total. The van der Waals surface area contributed by atoms with E-state index in [-0.39, 0.29) is 6.10 Å². The summed E-state index contributed by atoms with van der Waals surface area (Å²) >= 11 is 0. The normalized spacial score (nSPS) is 29.0.